The molecule has 1 aromatic carbocycles. The van der Waals surface area contributed by atoms with E-state index in [-0.39, 0.29) is 17.5 Å². The Balaban J connectivity index is 1.78. The molecule has 124 valence electrons. The Morgan fingerprint density at radius 3 is 2.88 bits per heavy atom. The first-order chi connectivity index (χ1) is 11.6. The first kappa shape index (κ1) is 16.1. The van der Waals surface area contributed by atoms with Gasteiger partial charge in [-0.25, -0.2) is 8.78 Å². The maximum atomic E-state index is 13.7. The predicted molar refractivity (Wildman–Crippen MR) is 81.5 cm³/mol. The van der Waals surface area contributed by atoms with Crippen LogP contribution in [0.1, 0.15) is 28.7 Å². The van der Waals surface area contributed by atoms with Crippen molar-refractivity contribution in [2.75, 3.05) is 5.32 Å². The van der Waals surface area contributed by atoms with Crippen LogP contribution in [0, 0.1) is 11.6 Å². The number of aryl methyl sites for hydroxylation is 1. The Hall–Kier alpha value is -2.75. The van der Waals surface area contributed by atoms with Crippen LogP contribution in [0.25, 0.3) is 11.5 Å². The van der Waals surface area contributed by atoms with E-state index < -0.39 is 17.5 Å². The molecule has 2 heterocycles. The van der Waals surface area contributed by atoms with Gasteiger partial charge in [0.05, 0.1) is 11.3 Å². The summed E-state index contributed by atoms with van der Waals surface area (Å²) in [5.41, 5.74) is 0.528. The van der Waals surface area contributed by atoms with Crippen LogP contribution in [0.4, 0.5) is 14.8 Å². The fourth-order valence-electron chi connectivity index (χ4n) is 1.98. The van der Waals surface area contributed by atoms with Crippen LogP contribution in [-0.4, -0.2) is 25.7 Å². The number of aromatic nitrogens is 4. The second-order valence-electron chi connectivity index (χ2n) is 4.79. The lowest BCUT2D eigenvalue weighted by Crippen LogP contribution is -2.12. The van der Waals surface area contributed by atoms with E-state index in [4.69, 9.17) is 4.42 Å². The van der Waals surface area contributed by atoms with Gasteiger partial charge in [0, 0.05) is 6.07 Å². The van der Waals surface area contributed by atoms with Crippen molar-refractivity contribution in [1.29, 1.82) is 0 Å². The van der Waals surface area contributed by atoms with Crippen molar-refractivity contribution in [3.05, 3.63) is 40.4 Å². The number of nitrogens with zero attached hydrogens (tertiary/aromatic N) is 4. The number of carbonyl (C=O) groups is 1. The fourth-order valence-corrected chi connectivity index (χ4v) is 2.58. The summed E-state index contributed by atoms with van der Waals surface area (Å²) >= 11 is 0.959. The number of hydrogen-bond donors (Lipinski definition) is 1. The zero-order valence-electron chi connectivity index (χ0n) is 12.4. The largest absolute Gasteiger partial charge is 0.403 e. The Morgan fingerprint density at radius 1 is 1.29 bits per heavy atom. The van der Waals surface area contributed by atoms with E-state index in [0.29, 0.717) is 23.1 Å². The van der Waals surface area contributed by atoms with E-state index in [1.807, 2.05) is 6.92 Å². The summed E-state index contributed by atoms with van der Waals surface area (Å²) in [4.78, 5) is 12.5. The molecule has 24 heavy (non-hydrogen) atoms. The van der Waals surface area contributed by atoms with Crippen molar-refractivity contribution in [3.63, 3.8) is 0 Å². The zero-order valence-corrected chi connectivity index (χ0v) is 13.2. The van der Waals surface area contributed by atoms with Gasteiger partial charge in [0.2, 0.25) is 0 Å². The monoisotopic (exact) mass is 351 g/mol. The molecule has 0 bridgehead atoms. The third-order valence-corrected chi connectivity index (χ3v) is 3.82. The number of hydrogen-bond acceptors (Lipinski definition) is 7. The maximum Gasteiger partial charge on any atom is 0.322 e. The highest BCUT2D eigenvalue weighted by molar-refractivity contribution is 7.08. The number of carbonyl (C=O) groups excluding carboxylic acids is 1. The zero-order chi connectivity index (χ0) is 17.1. The molecule has 0 saturated heterocycles. The molecule has 0 atom stereocenters. The van der Waals surface area contributed by atoms with Crippen LogP contribution >= 0.6 is 11.5 Å². The second kappa shape index (κ2) is 6.79. The van der Waals surface area contributed by atoms with Gasteiger partial charge in [-0.3, -0.25) is 10.1 Å². The van der Waals surface area contributed by atoms with Crippen molar-refractivity contribution >= 4 is 23.5 Å². The predicted octanol–water partition coefficient (Wildman–Crippen LogP) is 3.07. The number of amides is 1. The molecule has 10 heteroatoms. The minimum absolute atomic E-state index is 0.0597. The van der Waals surface area contributed by atoms with Gasteiger partial charge in [-0.2, -0.15) is 0 Å². The molecule has 3 rings (SSSR count). The lowest BCUT2D eigenvalue weighted by Gasteiger charge is -1.99. The summed E-state index contributed by atoms with van der Waals surface area (Å²) in [5.74, 6) is -2.21. The number of nitrogens with one attached hydrogen (secondary N) is 1. The average molecular weight is 351 g/mol. The first-order valence-electron chi connectivity index (χ1n) is 7.00. The first-order valence-corrected chi connectivity index (χ1v) is 7.77. The molecule has 1 N–H and O–H groups in total. The van der Waals surface area contributed by atoms with Crippen LogP contribution < -0.4 is 5.32 Å². The van der Waals surface area contributed by atoms with Gasteiger partial charge >= 0.3 is 6.01 Å². The van der Waals surface area contributed by atoms with E-state index >= 15 is 0 Å². The lowest BCUT2D eigenvalue weighted by molar-refractivity contribution is 0.102. The highest BCUT2D eigenvalue weighted by Crippen LogP contribution is 2.24. The normalized spacial score (nSPS) is 10.8. The van der Waals surface area contributed by atoms with E-state index in [1.54, 1.807) is 0 Å². The molecule has 0 aliphatic carbocycles. The second-order valence-corrected chi connectivity index (χ2v) is 5.54. The van der Waals surface area contributed by atoms with Crippen molar-refractivity contribution < 1.29 is 18.0 Å². The van der Waals surface area contributed by atoms with Gasteiger partial charge in [0.1, 0.15) is 16.5 Å². The van der Waals surface area contributed by atoms with Gasteiger partial charge in [0.25, 0.3) is 11.8 Å². The number of rotatable bonds is 5. The van der Waals surface area contributed by atoms with Crippen LogP contribution in [0.2, 0.25) is 0 Å². The summed E-state index contributed by atoms with van der Waals surface area (Å²) in [7, 11) is 0. The molecular formula is C14H11F2N5O2S. The Morgan fingerprint density at radius 2 is 2.12 bits per heavy atom. The number of halogens is 2. The van der Waals surface area contributed by atoms with E-state index in [0.717, 1.165) is 24.0 Å². The van der Waals surface area contributed by atoms with Crippen LogP contribution in [0.15, 0.2) is 22.6 Å². The molecule has 3 aromatic rings. The van der Waals surface area contributed by atoms with Gasteiger partial charge in [-0.1, -0.05) is 22.9 Å². The Kier molecular flexibility index (Phi) is 4.56. The molecule has 0 unspecified atom stereocenters. The summed E-state index contributed by atoms with van der Waals surface area (Å²) in [6.45, 7) is 1.96. The molecular weight excluding hydrogens is 340 g/mol. The summed E-state index contributed by atoms with van der Waals surface area (Å²) in [6.07, 6.45) is 1.44. The molecule has 2 aromatic heterocycles. The summed E-state index contributed by atoms with van der Waals surface area (Å²) in [6, 6.07) is 2.75. The van der Waals surface area contributed by atoms with E-state index in [9.17, 15) is 13.6 Å². The topological polar surface area (TPSA) is 93.8 Å². The summed E-state index contributed by atoms with van der Waals surface area (Å²) in [5, 5.41) is 13.6. The van der Waals surface area contributed by atoms with Gasteiger partial charge in [-0.05, 0) is 30.1 Å². The smallest absolute Gasteiger partial charge is 0.322 e. The highest BCUT2D eigenvalue weighted by atomic mass is 32.1. The molecule has 0 aliphatic heterocycles. The molecule has 0 radical (unpaired) electrons. The summed E-state index contributed by atoms with van der Waals surface area (Å²) < 4.78 is 35.6. The molecule has 1 amide bonds. The molecule has 0 saturated carbocycles. The highest BCUT2D eigenvalue weighted by Gasteiger charge is 2.19. The van der Waals surface area contributed by atoms with Crippen LogP contribution in [0.3, 0.4) is 0 Å². The molecule has 7 nitrogen and oxygen atoms in total. The Bertz CT molecular complexity index is 880. The minimum Gasteiger partial charge on any atom is -0.403 e. The lowest BCUT2D eigenvalue weighted by atomic mass is 10.2. The van der Waals surface area contributed by atoms with Gasteiger partial charge < -0.3 is 4.42 Å². The third kappa shape index (κ3) is 3.27. The van der Waals surface area contributed by atoms with E-state index in [1.165, 1.54) is 6.07 Å². The molecule has 0 spiro atoms. The quantitative estimate of drug-likeness (QED) is 0.759. The standard InChI is InChI=1S/C14H11F2N5O2S/c1-2-3-10-11(24-21-18-10)12(22)17-14-20-19-13(23-14)8-5-4-7(15)6-9(8)16/h4-6H,2-3H2,1H3,(H,17,20,22). The minimum atomic E-state index is -0.839. The van der Waals surface area contributed by atoms with Crippen molar-refractivity contribution in [1.82, 2.24) is 19.8 Å². The van der Waals surface area contributed by atoms with Gasteiger partial charge in [-0.15, -0.1) is 10.2 Å². The van der Waals surface area contributed by atoms with Crippen molar-refractivity contribution in [2.24, 2.45) is 0 Å². The Labute approximate surface area is 138 Å². The molecule has 0 aliphatic rings. The fraction of sp³-hybridized carbons (Fsp3) is 0.214. The van der Waals surface area contributed by atoms with Gasteiger partial charge in [0.15, 0.2) is 0 Å². The van der Waals surface area contributed by atoms with Crippen molar-refractivity contribution in [3.8, 4) is 11.5 Å². The van der Waals surface area contributed by atoms with E-state index in [2.05, 4.69) is 25.1 Å². The average Bonchev–Trinajstić information content (AvgIpc) is 3.17. The number of benzene rings is 1. The van der Waals surface area contributed by atoms with Crippen molar-refractivity contribution in [2.45, 2.75) is 19.8 Å². The number of anilines is 1. The van der Waals surface area contributed by atoms with Crippen LogP contribution in [0.5, 0.6) is 0 Å². The third-order valence-electron chi connectivity index (χ3n) is 3.06. The maximum absolute atomic E-state index is 13.7. The molecule has 0 fully saturated rings. The SMILES string of the molecule is CCCc1nnsc1C(=O)Nc1nnc(-c2ccc(F)cc2F)o1. The van der Waals surface area contributed by atoms with Crippen LogP contribution in [-0.2, 0) is 6.42 Å².